The van der Waals surface area contributed by atoms with Crippen LogP contribution in [-0.2, 0) is 13.5 Å². The van der Waals surface area contributed by atoms with Crippen molar-refractivity contribution < 1.29 is 4.74 Å². The molecule has 0 radical (unpaired) electrons. The fourth-order valence-corrected chi connectivity index (χ4v) is 1.54. The van der Waals surface area contributed by atoms with E-state index in [0.29, 0.717) is 0 Å². The second-order valence-electron chi connectivity index (χ2n) is 3.55. The largest absolute Gasteiger partial charge is 0.497 e. The van der Waals surface area contributed by atoms with Gasteiger partial charge < -0.3 is 4.74 Å². The highest BCUT2D eigenvalue weighted by Gasteiger charge is 1.99. The Balaban J connectivity index is 2.11. The molecule has 0 N–H and O–H groups in total. The van der Waals surface area contributed by atoms with Crippen molar-refractivity contribution in [3.8, 4) is 5.75 Å². The van der Waals surface area contributed by atoms with E-state index in [4.69, 9.17) is 4.74 Å². The highest BCUT2D eigenvalue weighted by Crippen LogP contribution is 2.14. The van der Waals surface area contributed by atoms with Gasteiger partial charge in [0.25, 0.3) is 0 Å². The summed E-state index contributed by atoms with van der Waals surface area (Å²) < 4.78 is 6.93. The molecule has 0 spiro atoms. The molecule has 3 heteroatoms. The maximum absolute atomic E-state index is 5.11. The standard InChI is InChI=1S/C12H14N2O/c1-14-9-11(8-13-14)7-10-3-5-12(15-2)6-4-10/h3-6,8-9H,7H2,1-2H3. The zero-order valence-corrected chi connectivity index (χ0v) is 8.97. The quantitative estimate of drug-likeness (QED) is 0.761. The molecule has 0 aliphatic heterocycles. The second kappa shape index (κ2) is 4.17. The number of hydrogen-bond acceptors (Lipinski definition) is 2. The molecule has 0 unspecified atom stereocenters. The topological polar surface area (TPSA) is 27.1 Å². The van der Waals surface area contributed by atoms with Crippen molar-refractivity contribution in [3.05, 3.63) is 47.8 Å². The van der Waals surface area contributed by atoms with E-state index in [-0.39, 0.29) is 0 Å². The molecule has 78 valence electrons. The zero-order valence-electron chi connectivity index (χ0n) is 8.97. The first kappa shape index (κ1) is 9.77. The molecule has 1 aromatic heterocycles. The summed E-state index contributed by atoms with van der Waals surface area (Å²) in [7, 11) is 3.60. The summed E-state index contributed by atoms with van der Waals surface area (Å²) in [4.78, 5) is 0. The SMILES string of the molecule is COc1ccc(Cc2cnn(C)c2)cc1. The molecule has 0 saturated heterocycles. The van der Waals surface area contributed by atoms with Crippen LogP contribution in [-0.4, -0.2) is 16.9 Å². The van der Waals surface area contributed by atoms with Crippen molar-refractivity contribution in [1.82, 2.24) is 9.78 Å². The van der Waals surface area contributed by atoms with E-state index < -0.39 is 0 Å². The monoisotopic (exact) mass is 202 g/mol. The molecule has 0 fully saturated rings. The van der Waals surface area contributed by atoms with Gasteiger partial charge >= 0.3 is 0 Å². The lowest BCUT2D eigenvalue weighted by Crippen LogP contribution is -1.88. The van der Waals surface area contributed by atoms with E-state index in [1.807, 2.05) is 36.3 Å². The fraction of sp³-hybridized carbons (Fsp3) is 0.250. The number of rotatable bonds is 3. The zero-order chi connectivity index (χ0) is 10.7. The van der Waals surface area contributed by atoms with Crippen LogP contribution in [0.25, 0.3) is 0 Å². The van der Waals surface area contributed by atoms with Crippen LogP contribution in [0.2, 0.25) is 0 Å². The third kappa shape index (κ3) is 2.37. The Hall–Kier alpha value is -1.77. The van der Waals surface area contributed by atoms with E-state index in [1.54, 1.807) is 7.11 Å². The van der Waals surface area contributed by atoms with Gasteiger partial charge in [0.2, 0.25) is 0 Å². The molecule has 1 heterocycles. The van der Waals surface area contributed by atoms with E-state index in [0.717, 1.165) is 12.2 Å². The Morgan fingerprint density at radius 1 is 1.20 bits per heavy atom. The van der Waals surface area contributed by atoms with Crippen LogP contribution in [0.5, 0.6) is 5.75 Å². The second-order valence-corrected chi connectivity index (χ2v) is 3.55. The first-order valence-electron chi connectivity index (χ1n) is 4.88. The molecule has 0 bridgehead atoms. The van der Waals surface area contributed by atoms with Crippen molar-refractivity contribution >= 4 is 0 Å². The van der Waals surface area contributed by atoms with Gasteiger partial charge in [-0.25, -0.2) is 0 Å². The molecule has 3 nitrogen and oxygen atoms in total. The van der Waals surface area contributed by atoms with Crippen molar-refractivity contribution in [2.75, 3.05) is 7.11 Å². The van der Waals surface area contributed by atoms with Crippen LogP contribution >= 0.6 is 0 Å². The molecule has 1 aromatic carbocycles. The Labute approximate surface area is 89.3 Å². The number of nitrogens with zero attached hydrogens (tertiary/aromatic N) is 2. The molecule has 0 aliphatic carbocycles. The van der Waals surface area contributed by atoms with Gasteiger partial charge in [0, 0.05) is 19.7 Å². The molecule has 0 saturated carbocycles. The predicted octanol–water partition coefficient (Wildman–Crippen LogP) is 2.02. The van der Waals surface area contributed by atoms with E-state index >= 15 is 0 Å². The van der Waals surface area contributed by atoms with Crippen molar-refractivity contribution in [2.45, 2.75) is 6.42 Å². The Morgan fingerprint density at radius 3 is 2.47 bits per heavy atom. The summed E-state index contributed by atoms with van der Waals surface area (Å²) in [6.07, 6.45) is 4.84. The minimum absolute atomic E-state index is 0.893. The molecular formula is C12H14N2O. The first-order chi connectivity index (χ1) is 7.28. The number of ether oxygens (including phenoxy) is 1. The van der Waals surface area contributed by atoms with Gasteiger partial charge in [-0.15, -0.1) is 0 Å². The average molecular weight is 202 g/mol. The highest BCUT2D eigenvalue weighted by molar-refractivity contribution is 5.30. The normalized spacial score (nSPS) is 10.3. The van der Waals surface area contributed by atoms with Gasteiger partial charge in [0.15, 0.2) is 0 Å². The average Bonchev–Trinajstić information content (AvgIpc) is 2.65. The van der Waals surface area contributed by atoms with E-state index in [1.165, 1.54) is 11.1 Å². The number of methoxy groups -OCH3 is 1. The van der Waals surface area contributed by atoms with Crippen LogP contribution in [0.3, 0.4) is 0 Å². The van der Waals surface area contributed by atoms with Gasteiger partial charge in [-0.3, -0.25) is 4.68 Å². The molecular weight excluding hydrogens is 188 g/mol. The van der Waals surface area contributed by atoms with Crippen molar-refractivity contribution in [2.24, 2.45) is 7.05 Å². The third-order valence-corrected chi connectivity index (χ3v) is 2.33. The van der Waals surface area contributed by atoms with Gasteiger partial charge in [0.05, 0.1) is 13.3 Å². The molecule has 0 atom stereocenters. The minimum Gasteiger partial charge on any atom is -0.497 e. The summed E-state index contributed by atoms with van der Waals surface area (Å²) in [5.74, 6) is 0.893. The molecule has 2 aromatic rings. The van der Waals surface area contributed by atoms with Gasteiger partial charge in [-0.1, -0.05) is 12.1 Å². The van der Waals surface area contributed by atoms with E-state index in [9.17, 15) is 0 Å². The lowest BCUT2D eigenvalue weighted by Gasteiger charge is -2.01. The summed E-state index contributed by atoms with van der Waals surface area (Å²) in [5.41, 5.74) is 2.49. The maximum atomic E-state index is 5.11. The fourth-order valence-electron chi connectivity index (χ4n) is 1.54. The highest BCUT2D eigenvalue weighted by atomic mass is 16.5. The Morgan fingerprint density at radius 2 is 1.93 bits per heavy atom. The molecule has 0 aliphatic rings. The minimum atomic E-state index is 0.893. The van der Waals surface area contributed by atoms with Crippen molar-refractivity contribution in [1.29, 1.82) is 0 Å². The first-order valence-corrected chi connectivity index (χ1v) is 4.88. The van der Waals surface area contributed by atoms with Crippen LogP contribution in [0.15, 0.2) is 36.7 Å². The van der Waals surface area contributed by atoms with Gasteiger partial charge in [-0.2, -0.15) is 5.10 Å². The van der Waals surface area contributed by atoms with Crippen LogP contribution in [0.4, 0.5) is 0 Å². The third-order valence-electron chi connectivity index (χ3n) is 2.33. The lowest BCUT2D eigenvalue weighted by molar-refractivity contribution is 0.414. The number of aryl methyl sites for hydroxylation is 1. The summed E-state index contributed by atoms with van der Waals surface area (Å²) in [6.45, 7) is 0. The predicted molar refractivity (Wildman–Crippen MR) is 59.0 cm³/mol. The van der Waals surface area contributed by atoms with E-state index in [2.05, 4.69) is 17.2 Å². The molecule has 0 amide bonds. The van der Waals surface area contributed by atoms with Crippen LogP contribution in [0.1, 0.15) is 11.1 Å². The number of benzene rings is 1. The summed E-state index contributed by atoms with van der Waals surface area (Å²) in [5, 5.41) is 4.14. The number of aromatic nitrogens is 2. The van der Waals surface area contributed by atoms with Crippen LogP contribution < -0.4 is 4.74 Å². The molecule has 2 rings (SSSR count). The lowest BCUT2D eigenvalue weighted by atomic mass is 10.1. The summed E-state index contributed by atoms with van der Waals surface area (Å²) in [6, 6.07) is 8.11. The van der Waals surface area contributed by atoms with Crippen molar-refractivity contribution in [3.63, 3.8) is 0 Å². The smallest absolute Gasteiger partial charge is 0.118 e. The Bertz CT molecular complexity index is 431. The van der Waals surface area contributed by atoms with Gasteiger partial charge in [0.1, 0.15) is 5.75 Å². The maximum Gasteiger partial charge on any atom is 0.118 e. The van der Waals surface area contributed by atoms with Crippen LogP contribution in [0, 0.1) is 0 Å². The molecule has 15 heavy (non-hydrogen) atoms. The van der Waals surface area contributed by atoms with Gasteiger partial charge in [-0.05, 0) is 23.3 Å². The number of hydrogen-bond donors (Lipinski definition) is 0. The summed E-state index contributed by atoms with van der Waals surface area (Å²) >= 11 is 0. The Kier molecular flexibility index (Phi) is 2.72.